The predicted molar refractivity (Wildman–Crippen MR) is 140 cm³/mol. The average Bonchev–Trinajstić information content (AvgIpc) is 2.74. The van der Waals surface area contributed by atoms with E-state index in [-0.39, 0.29) is 30.3 Å². The fraction of sp³-hybridized carbons (Fsp3) is 0.724. The summed E-state index contributed by atoms with van der Waals surface area (Å²) in [5, 5.41) is 2.99. The Hall–Kier alpha value is -1.84. The minimum absolute atomic E-state index is 0.145. The normalized spacial score (nSPS) is 12.2. The van der Waals surface area contributed by atoms with E-state index in [1.54, 1.807) is 0 Å². The Bertz CT molecular complexity index is 670. The Morgan fingerprint density at radius 3 is 1.76 bits per heavy atom. The van der Waals surface area contributed by atoms with E-state index in [1.807, 2.05) is 25.1 Å². The van der Waals surface area contributed by atoms with Crippen LogP contribution in [0.1, 0.15) is 142 Å². The van der Waals surface area contributed by atoms with Crippen LogP contribution in [0.2, 0.25) is 0 Å². The lowest BCUT2D eigenvalue weighted by atomic mass is 9.92. The van der Waals surface area contributed by atoms with Crippen molar-refractivity contribution in [2.24, 2.45) is 0 Å². The van der Waals surface area contributed by atoms with Gasteiger partial charge in [-0.1, -0.05) is 111 Å². The highest BCUT2D eigenvalue weighted by Crippen LogP contribution is 2.32. The van der Waals surface area contributed by atoms with Crippen LogP contribution in [-0.4, -0.2) is 18.0 Å². The monoisotopic (exact) mass is 459 g/mol. The maximum atomic E-state index is 12.6. The number of esters is 1. The van der Waals surface area contributed by atoms with Gasteiger partial charge in [0, 0.05) is 5.69 Å². The molecule has 0 radical (unpaired) electrons. The fourth-order valence-electron chi connectivity index (χ4n) is 4.25. The van der Waals surface area contributed by atoms with E-state index < -0.39 is 5.97 Å². The number of carbonyl (C=O) groups excluding carboxylic acids is 2. The molecule has 0 fully saturated rings. The number of anilines is 1. The molecule has 1 N–H and O–H groups in total. The van der Waals surface area contributed by atoms with Crippen LogP contribution in [0.15, 0.2) is 18.2 Å². The van der Waals surface area contributed by atoms with E-state index >= 15 is 0 Å². The van der Waals surface area contributed by atoms with Crippen LogP contribution in [0.5, 0.6) is 0 Å². The summed E-state index contributed by atoms with van der Waals surface area (Å²) >= 11 is 0. The Morgan fingerprint density at radius 1 is 0.788 bits per heavy atom. The van der Waals surface area contributed by atoms with Crippen molar-refractivity contribution < 1.29 is 14.3 Å². The van der Waals surface area contributed by atoms with Gasteiger partial charge in [0.15, 0.2) is 0 Å². The zero-order valence-corrected chi connectivity index (χ0v) is 22.2. The highest BCUT2D eigenvalue weighted by Gasteiger charge is 2.19. The first kappa shape index (κ1) is 29.2. The van der Waals surface area contributed by atoms with Gasteiger partial charge in [-0.25, -0.2) is 0 Å². The second-order valence-corrected chi connectivity index (χ2v) is 10.1. The van der Waals surface area contributed by atoms with Crippen LogP contribution in [0, 0.1) is 0 Å². The van der Waals surface area contributed by atoms with Crippen LogP contribution in [-0.2, 0) is 14.3 Å². The SMILES string of the molecule is CCCCCCCCCCCC[C@H](C)OC(=O)CC(=O)Nc1c(C(C)C)cccc1C(C)C. The van der Waals surface area contributed by atoms with Gasteiger partial charge < -0.3 is 10.1 Å². The number of hydrogen-bond donors (Lipinski definition) is 1. The van der Waals surface area contributed by atoms with Gasteiger partial charge in [-0.2, -0.15) is 0 Å². The third-order valence-electron chi connectivity index (χ3n) is 6.24. The summed E-state index contributed by atoms with van der Waals surface area (Å²) in [6.07, 6.45) is 13.4. The summed E-state index contributed by atoms with van der Waals surface area (Å²) in [5.41, 5.74) is 3.04. The molecule has 0 heterocycles. The molecule has 0 aliphatic rings. The van der Waals surface area contributed by atoms with Crippen molar-refractivity contribution in [2.45, 2.75) is 137 Å². The first-order valence-corrected chi connectivity index (χ1v) is 13.4. The second kappa shape index (κ2) is 16.7. The average molecular weight is 460 g/mol. The molecular formula is C29H49NO3. The predicted octanol–water partition coefficient (Wildman–Crippen LogP) is 8.50. The highest BCUT2D eigenvalue weighted by molar-refractivity contribution is 6.02. The van der Waals surface area contributed by atoms with Crippen molar-refractivity contribution in [3.8, 4) is 0 Å². The maximum Gasteiger partial charge on any atom is 0.315 e. The van der Waals surface area contributed by atoms with Gasteiger partial charge in [-0.15, -0.1) is 0 Å². The van der Waals surface area contributed by atoms with Crippen molar-refractivity contribution in [1.29, 1.82) is 0 Å². The van der Waals surface area contributed by atoms with E-state index in [0.29, 0.717) is 0 Å². The van der Waals surface area contributed by atoms with Gasteiger partial charge in [0.1, 0.15) is 6.42 Å². The Balaban J connectivity index is 2.33. The zero-order chi connectivity index (χ0) is 24.6. The standard InChI is InChI=1S/C29H49NO3/c1-7-8-9-10-11-12-13-14-15-16-18-24(6)33-28(32)21-27(31)30-29-25(22(2)3)19-17-20-26(29)23(4)5/h17,19-20,22-24H,7-16,18,21H2,1-6H3,(H,30,31)/t24-/m0/s1. The van der Waals surface area contributed by atoms with Crippen molar-refractivity contribution in [3.05, 3.63) is 29.3 Å². The van der Waals surface area contributed by atoms with Gasteiger partial charge in [0.2, 0.25) is 5.91 Å². The number of para-hydroxylation sites is 1. The molecule has 0 aliphatic carbocycles. The van der Waals surface area contributed by atoms with E-state index in [4.69, 9.17) is 4.74 Å². The molecule has 1 atom stereocenters. The van der Waals surface area contributed by atoms with Crippen LogP contribution in [0.4, 0.5) is 5.69 Å². The molecule has 0 saturated carbocycles. The lowest BCUT2D eigenvalue weighted by Crippen LogP contribution is -2.23. The third kappa shape index (κ3) is 12.3. The molecule has 1 amide bonds. The summed E-state index contributed by atoms with van der Waals surface area (Å²) < 4.78 is 5.50. The molecule has 4 nitrogen and oxygen atoms in total. The fourth-order valence-corrected chi connectivity index (χ4v) is 4.25. The first-order chi connectivity index (χ1) is 15.8. The van der Waals surface area contributed by atoms with Gasteiger partial charge in [0.25, 0.3) is 0 Å². The first-order valence-electron chi connectivity index (χ1n) is 13.4. The number of nitrogens with one attached hydrogen (secondary N) is 1. The summed E-state index contributed by atoms with van der Waals surface area (Å²) in [6, 6.07) is 6.11. The number of carbonyl (C=O) groups is 2. The van der Waals surface area contributed by atoms with Crippen LogP contribution in [0.25, 0.3) is 0 Å². The third-order valence-corrected chi connectivity index (χ3v) is 6.24. The minimum atomic E-state index is -0.444. The molecule has 33 heavy (non-hydrogen) atoms. The van der Waals surface area contributed by atoms with Crippen molar-refractivity contribution in [2.75, 3.05) is 5.32 Å². The quantitative estimate of drug-likeness (QED) is 0.144. The Morgan fingerprint density at radius 2 is 1.27 bits per heavy atom. The molecule has 1 aromatic rings. The number of amides is 1. The molecule has 4 heteroatoms. The van der Waals surface area contributed by atoms with Gasteiger partial charge in [-0.3, -0.25) is 9.59 Å². The Kier molecular flexibility index (Phi) is 14.8. The van der Waals surface area contributed by atoms with Crippen LogP contribution >= 0.6 is 0 Å². The van der Waals surface area contributed by atoms with Gasteiger partial charge in [-0.05, 0) is 42.7 Å². The molecule has 0 aromatic heterocycles. The zero-order valence-electron chi connectivity index (χ0n) is 22.2. The Labute approximate surface area is 203 Å². The van der Waals surface area contributed by atoms with Crippen molar-refractivity contribution >= 4 is 17.6 Å². The number of rotatable bonds is 17. The molecule has 1 aromatic carbocycles. The number of unbranched alkanes of at least 4 members (excludes halogenated alkanes) is 9. The highest BCUT2D eigenvalue weighted by atomic mass is 16.5. The van der Waals surface area contributed by atoms with Crippen molar-refractivity contribution in [1.82, 2.24) is 0 Å². The lowest BCUT2D eigenvalue weighted by molar-refractivity contribution is -0.150. The second-order valence-electron chi connectivity index (χ2n) is 10.1. The molecule has 0 spiro atoms. The van der Waals surface area contributed by atoms with Crippen molar-refractivity contribution in [3.63, 3.8) is 0 Å². The van der Waals surface area contributed by atoms with E-state index in [0.717, 1.165) is 29.7 Å². The van der Waals surface area contributed by atoms with Gasteiger partial charge in [0.05, 0.1) is 6.10 Å². The molecular weight excluding hydrogens is 410 g/mol. The number of hydrogen-bond acceptors (Lipinski definition) is 3. The molecule has 1 rings (SSSR count). The van der Waals surface area contributed by atoms with Gasteiger partial charge >= 0.3 is 5.97 Å². The lowest BCUT2D eigenvalue weighted by Gasteiger charge is -2.20. The number of ether oxygens (including phenoxy) is 1. The van der Waals surface area contributed by atoms with Crippen LogP contribution < -0.4 is 5.32 Å². The molecule has 0 unspecified atom stereocenters. The molecule has 0 aliphatic heterocycles. The van der Waals surface area contributed by atoms with E-state index in [2.05, 4.69) is 39.9 Å². The van der Waals surface area contributed by atoms with E-state index in [9.17, 15) is 9.59 Å². The molecule has 0 bridgehead atoms. The number of benzene rings is 1. The summed E-state index contributed by atoms with van der Waals surface area (Å²) in [4.78, 5) is 24.9. The molecule has 188 valence electrons. The summed E-state index contributed by atoms with van der Waals surface area (Å²) in [5.74, 6) is -0.180. The molecule has 0 saturated heterocycles. The largest absolute Gasteiger partial charge is 0.462 e. The summed E-state index contributed by atoms with van der Waals surface area (Å²) in [7, 11) is 0. The summed E-state index contributed by atoms with van der Waals surface area (Å²) in [6.45, 7) is 12.6. The minimum Gasteiger partial charge on any atom is -0.462 e. The smallest absolute Gasteiger partial charge is 0.315 e. The maximum absolute atomic E-state index is 12.6. The topological polar surface area (TPSA) is 55.4 Å². The van der Waals surface area contributed by atoms with Crippen LogP contribution in [0.3, 0.4) is 0 Å². The van der Waals surface area contributed by atoms with E-state index in [1.165, 1.54) is 57.8 Å².